The van der Waals surface area contributed by atoms with Crippen LogP contribution in [0.2, 0.25) is 0 Å². The number of benzene rings is 2. The van der Waals surface area contributed by atoms with Crippen LogP contribution in [0.5, 0.6) is 5.75 Å². The second kappa shape index (κ2) is 6.48. The van der Waals surface area contributed by atoms with Crippen molar-refractivity contribution in [3.63, 3.8) is 0 Å². The van der Waals surface area contributed by atoms with Gasteiger partial charge in [-0.15, -0.1) is 0 Å². The standard InChI is InChI=1S/C16H16F2O2/c1-11-5-2-3-6-12(11)10-15(19)13-7-4-8-14(9-13)20-16(17)18/h2-9,15-16,19H,10H2,1H3. The van der Waals surface area contributed by atoms with Gasteiger partial charge in [0.25, 0.3) is 0 Å². The van der Waals surface area contributed by atoms with Gasteiger partial charge in [-0.05, 0) is 35.7 Å². The number of hydrogen-bond acceptors (Lipinski definition) is 2. The number of aliphatic hydroxyl groups excluding tert-OH is 1. The summed E-state index contributed by atoms with van der Waals surface area (Å²) in [6, 6.07) is 13.9. The van der Waals surface area contributed by atoms with Crippen molar-refractivity contribution in [2.75, 3.05) is 0 Å². The van der Waals surface area contributed by atoms with Crippen LogP contribution >= 0.6 is 0 Å². The van der Waals surface area contributed by atoms with Gasteiger partial charge in [0, 0.05) is 6.42 Å². The zero-order chi connectivity index (χ0) is 14.5. The van der Waals surface area contributed by atoms with Gasteiger partial charge in [0.2, 0.25) is 0 Å². The molecule has 0 spiro atoms. The fourth-order valence-corrected chi connectivity index (χ4v) is 2.06. The van der Waals surface area contributed by atoms with Crippen molar-refractivity contribution in [1.29, 1.82) is 0 Å². The molecule has 0 amide bonds. The summed E-state index contributed by atoms with van der Waals surface area (Å²) in [6.45, 7) is -0.892. The minimum absolute atomic E-state index is 0.0568. The fourth-order valence-electron chi connectivity index (χ4n) is 2.06. The molecule has 0 heterocycles. The highest BCUT2D eigenvalue weighted by molar-refractivity contribution is 5.32. The minimum Gasteiger partial charge on any atom is -0.435 e. The van der Waals surface area contributed by atoms with Crippen molar-refractivity contribution < 1.29 is 18.6 Å². The monoisotopic (exact) mass is 278 g/mol. The van der Waals surface area contributed by atoms with Gasteiger partial charge < -0.3 is 9.84 Å². The Kier molecular flexibility index (Phi) is 4.69. The van der Waals surface area contributed by atoms with Crippen molar-refractivity contribution in [3.8, 4) is 5.75 Å². The van der Waals surface area contributed by atoms with E-state index in [4.69, 9.17) is 0 Å². The first-order chi connectivity index (χ1) is 9.56. The molecule has 1 unspecified atom stereocenters. The topological polar surface area (TPSA) is 29.5 Å². The Morgan fingerprint density at radius 3 is 2.55 bits per heavy atom. The predicted molar refractivity (Wildman–Crippen MR) is 72.9 cm³/mol. The van der Waals surface area contributed by atoms with Crippen molar-refractivity contribution >= 4 is 0 Å². The molecule has 1 N–H and O–H groups in total. The van der Waals surface area contributed by atoms with E-state index < -0.39 is 12.7 Å². The maximum atomic E-state index is 12.2. The Bertz CT molecular complexity index is 570. The van der Waals surface area contributed by atoms with Crippen LogP contribution in [0.4, 0.5) is 8.78 Å². The summed E-state index contributed by atoms with van der Waals surface area (Å²) >= 11 is 0. The van der Waals surface area contributed by atoms with E-state index in [1.54, 1.807) is 12.1 Å². The van der Waals surface area contributed by atoms with Gasteiger partial charge in [0.05, 0.1) is 6.10 Å². The molecule has 0 saturated heterocycles. The summed E-state index contributed by atoms with van der Waals surface area (Å²) in [5.74, 6) is 0.0568. The van der Waals surface area contributed by atoms with Crippen LogP contribution in [-0.2, 0) is 6.42 Å². The quantitative estimate of drug-likeness (QED) is 0.899. The van der Waals surface area contributed by atoms with E-state index in [1.165, 1.54) is 12.1 Å². The summed E-state index contributed by atoms with van der Waals surface area (Å²) < 4.78 is 28.7. The Hall–Kier alpha value is -1.94. The van der Waals surface area contributed by atoms with E-state index in [0.717, 1.165) is 11.1 Å². The van der Waals surface area contributed by atoms with Gasteiger partial charge in [0.15, 0.2) is 0 Å². The molecule has 2 aromatic rings. The third-order valence-corrected chi connectivity index (χ3v) is 3.14. The van der Waals surface area contributed by atoms with E-state index >= 15 is 0 Å². The molecule has 20 heavy (non-hydrogen) atoms. The van der Waals surface area contributed by atoms with Gasteiger partial charge >= 0.3 is 6.61 Å². The predicted octanol–water partition coefficient (Wildman–Crippen LogP) is 3.87. The second-order valence-corrected chi connectivity index (χ2v) is 4.60. The molecule has 0 bridgehead atoms. The smallest absolute Gasteiger partial charge is 0.387 e. The number of ether oxygens (including phenoxy) is 1. The third-order valence-electron chi connectivity index (χ3n) is 3.14. The van der Waals surface area contributed by atoms with Crippen LogP contribution in [0.3, 0.4) is 0 Å². The highest BCUT2D eigenvalue weighted by atomic mass is 19.3. The summed E-state index contributed by atoms with van der Waals surface area (Å²) in [5.41, 5.74) is 2.68. The van der Waals surface area contributed by atoms with Crippen LogP contribution in [-0.4, -0.2) is 11.7 Å². The van der Waals surface area contributed by atoms with Crippen molar-refractivity contribution in [1.82, 2.24) is 0 Å². The first kappa shape index (κ1) is 14.5. The number of aliphatic hydroxyl groups is 1. The maximum absolute atomic E-state index is 12.2. The van der Waals surface area contributed by atoms with Gasteiger partial charge in [-0.25, -0.2) is 0 Å². The zero-order valence-electron chi connectivity index (χ0n) is 11.1. The van der Waals surface area contributed by atoms with Gasteiger partial charge in [-0.1, -0.05) is 36.4 Å². The first-order valence-corrected chi connectivity index (χ1v) is 6.33. The van der Waals surface area contributed by atoms with Gasteiger partial charge in [0.1, 0.15) is 5.75 Å². The van der Waals surface area contributed by atoms with E-state index in [1.807, 2.05) is 31.2 Å². The largest absolute Gasteiger partial charge is 0.435 e. The zero-order valence-corrected chi connectivity index (χ0v) is 11.1. The van der Waals surface area contributed by atoms with E-state index in [9.17, 15) is 13.9 Å². The Morgan fingerprint density at radius 1 is 1.10 bits per heavy atom. The molecule has 0 radical (unpaired) electrons. The summed E-state index contributed by atoms with van der Waals surface area (Å²) in [5, 5.41) is 10.2. The molecule has 0 aliphatic heterocycles. The lowest BCUT2D eigenvalue weighted by atomic mass is 9.98. The van der Waals surface area contributed by atoms with Crippen LogP contribution in [0.25, 0.3) is 0 Å². The number of rotatable bonds is 5. The molecule has 0 fully saturated rings. The number of alkyl halides is 2. The summed E-state index contributed by atoms with van der Waals surface area (Å²) in [4.78, 5) is 0. The lowest BCUT2D eigenvalue weighted by molar-refractivity contribution is -0.0499. The molecule has 1 atom stereocenters. The van der Waals surface area contributed by atoms with Crippen LogP contribution < -0.4 is 4.74 Å². The summed E-state index contributed by atoms with van der Waals surface area (Å²) in [6.07, 6.45) is -0.317. The molecule has 106 valence electrons. The average Bonchev–Trinajstić information content (AvgIpc) is 2.41. The second-order valence-electron chi connectivity index (χ2n) is 4.60. The third kappa shape index (κ3) is 3.78. The van der Waals surface area contributed by atoms with Crippen LogP contribution in [0.15, 0.2) is 48.5 Å². The Labute approximate surface area is 116 Å². The van der Waals surface area contributed by atoms with Crippen molar-refractivity contribution in [2.24, 2.45) is 0 Å². The van der Waals surface area contributed by atoms with Gasteiger partial charge in [-0.3, -0.25) is 0 Å². The van der Waals surface area contributed by atoms with Crippen LogP contribution in [0.1, 0.15) is 22.8 Å². The minimum atomic E-state index is -2.86. The molecule has 2 aromatic carbocycles. The fraction of sp³-hybridized carbons (Fsp3) is 0.250. The molecule has 0 aliphatic rings. The SMILES string of the molecule is Cc1ccccc1CC(O)c1cccc(OC(F)F)c1. The molecular weight excluding hydrogens is 262 g/mol. The number of halogens is 2. The Morgan fingerprint density at radius 2 is 1.85 bits per heavy atom. The highest BCUT2D eigenvalue weighted by Gasteiger charge is 2.12. The van der Waals surface area contributed by atoms with Crippen molar-refractivity contribution in [3.05, 3.63) is 65.2 Å². The molecular formula is C16H16F2O2. The first-order valence-electron chi connectivity index (χ1n) is 6.33. The van der Waals surface area contributed by atoms with E-state index in [-0.39, 0.29) is 5.75 Å². The molecule has 2 rings (SSSR count). The Balaban J connectivity index is 2.13. The normalized spacial score (nSPS) is 12.4. The number of aryl methyl sites for hydroxylation is 1. The molecule has 2 nitrogen and oxygen atoms in total. The molecule has 0 saturated carbocycles. The number of hydrogen-bond donors (Lipinski definition) is 1. The lowest BCUT2D eigenvalue weighted by Crippen LogP contribution is -2.05. The molecule has 4 heteroatoms. The molecule has 0 aliphatic carbocycles. The van der Waals surface area contributed by atoms with Crippen molar-refractivity contribution in [2.45, 2.75) is 26.1 Å². The average molecular weight is 278 g/mol. The van der Waals surface area contributed by atoms with E-state index in [0.29, 0.717) is 12.0 Å². The molecule has 0 aromatic heterocycles. The van der Waals surface area contributed by atoms with E-state index in [2.05, 4.69) is 4.74 Å². The van der Waals surface area contributed by atoms with Gasteiger partial charge in [-0.2, -0.15) is 8.78 Å². The highest BCUT2D eigenvalue weighted by Crippen LogP contribution is 2.24. The maximum Gasteiger partial charge on any atom is 0.387 e. The summed E-state index contributed by atoms with van der Waals surface area (Å²) in [7, 11) is 0. The van der Waals surface area contributed by atoms with Crippen LogP contribution in [0, 0.1) is 6.92 Å². The lowest BCUT2D eigenvalue weighted by Gasteiger charge is -2.14.